The molecule has 5 nitrogen and oxygen atoms in total. The van der Waals surface area contributed by atoms with Crippen molar-refractivity contribution in [1.82, 2.24) is 9.80 Å². The van der Waals surface area contributed by atoms with E-state index < -0.39 is 5.54 Å². The second-order valence-electron chi connectivity index (χ2n) is 9.37. The Morgan fingerprint density at radius 3 is 2.39 bits per heavy atom. The maximum absolute atomic E-state index is 14.1. The second-order valence-corrected chi connectivity index (χ2v) is 9.37. The van der Waals surface area contributed by atoms with Gasteiger partial charge in [-0.25, -0.2) is 0 Å². The predicted molar refractivity (Wildman–Crippen MR) is 131 cm³/mol. The Kier molecular flexibility index (Phi) is 7.49. The highest BCUT2D eigenvalue weighted by molar-refractivity contribution is 5.92. The predicted octanol–water partition coefficient (Wildman–Crippen LogP) is 4.69. The fraction of sp³-hybridized carbons (Fsp3) is 0.500. The van der Waals surface area contributed by atoms with Crippen LogP contribution in [0.5, 0.6) is 0 Å². The molecule has 0 spiro atoms. The van der Waals surface area contributed by atoms with Crippen molar-refractivity contribution in [3.8, 4) is 11.1 Å². The van der Waals surface area contributed by atoms with E-state index in [1.807, 2.05) is 40.1 Å². The van der Waals surface area contributed by atoms with Gasteiger partial charge in [-0.15, -0.1) is 0 Å². The van der Waals surface area contributed by atoms with Gasteiger partial charge in [-0.2, -0.15) is 0 Å². The number of carbonyl (C=O) groups is 2. The summed E-state index contributed by atoms with van der Waals surface area (Å²) in [6.45, 7) is 6.52. The van der Waals surface area contributed by atoms with E-state index in [1.165, 1.54) is 0 Å². The highest BCUT2D eigenvalue weighted by Crippen LogP contribution is 2.38. The summed E-state index contributed by atoms with van der Waals surface area (Å²) in [5.74, 6) is 0.0891. The van der Waals surface area contributed by atoms with Crippen LogP contribution >= 0.6 is 0 Å². The first-order valence-corrected chi connectivity index (χ1v) is 12.4. The van der Waals surface area contributed by atoms with Gasteiger partial charge in [0.2, 0.25) is 11.8 Å². The normalized spacial score (nSPS) is 21.4. The Bertz CT molecular complexity index is 953. The third kappa shape index (κ3) is 4.98. The van der Waals surface area contributed by atoms with Crippen molar-refractivity contribution >= 4 is 11.8 Å². The summed E-state index contributed by atoms with van der Waals surface area (Å²) in [5.41, 5.74) is 2.57. The molecule has 2 aromatic rings. The van der Waals surface area contributed by atoms with E-state index in [0.717, 1.165) is 49.0 Å². The molecule has 176 valence electrons. The van der Waals surface area contributed by atoms with Crippen LogP contribution in [0.4, 0.5) is 0 Å². The van der Waals surface area contributed by atoms with Gasteiger partial charge in [-0.05, 0) is 48.8 Å². The summed E-state index contributed by atoms with van der Waals surface area (Å²) in [6, 6.07) is 18.6. The van der Waals surface area contributed by atoms with Gasteiger partial charge in [0.25, 0.3) is 0 Å². The molecule has 2 aromatic carbocycles. The van der Waals surface area contributed by atoms with E-state index in [-0.39, 0.29) is 17.9 Å². The minimum Gasteiger partial charge on any atom is -0.378 e. The fourth-order valence-electron chi connectivity index (χ4n) is 5.51. The number of likely N-dealkylation sites (tertiary alicyclic amines) is 2. The second kappa shape index (κ2) is 10.5. The molecule has 5 heteroatoms. The van der Waals surface area contributed by atoms with Gasteiger partial charge in [-0.3, -0.25) is 9.59 Å². The summed E-state index contributed by atoms with van der Waals surface area (Å²) in [4.78, 5) is 30.6. The number of piperidine rings is 1. The topological polar surface area (TPSA) is 49.9 Å². The molecule has 0 bridgehead atoms. The Morgan fingerprint density at radius 2 is 1.70 bits per heavy atom. The summed E-state index contributed by atoms with van der Waals surface area (Å²) in [6.07, 6.45) is 5.08. The van der Waals surface area contributed by atoms with E-state index >= 15 is 0 Å². The van der Waals surface area contributed by atoms with Crippen LogP contribution in [0.25, 0.3) is 11.1 Å². The van der Waals surface area contributed by atoms with Gasteiger partial charge in [0.1, 0.15) is 5.54 Å². The third-order valence-corrected chi connectivity index (χ3v) is 7.14. The van der Waals surface area contributed by atoms with Crippen molar-refractivity contribution in [2.75, 3.05) is 26.2 Å². The van der Waals surface area contributed by atoms with E-state index in [9.17, 15) is 9.59 Å². The lowest BCUT2D eigenvalue weighted by molar-refractivity contribution is -0.152. The van der Waals surface area contributed by atoms with Crippen molar-refractivity contribution in [2.24, 2.45) is 0 Å². The van der Waals surface area contributed by atoms with E-state index in [4.69, 9.17) is 4.74 Å². The zero-order valence-electron chi connectivity index (χ0n) is 20.0. The maximum Gasteiger partial charge on any atom is 0.248 e. The summed E-state index contributed by atoms with van der Waals surface area (Å²) < 4.78 is 5.93. The zero-order valence-corrected chi connectivity index (χ0v) is 20.0. The first-order valence-electron chi connectivity index (χ1n) is 12.4. The first kappa shape index (κ1) is 23.5. The highest BCUT2D eigenvalue weighted by atomic mass is 16.5. The minimum atomic E-state index is -0.812. The van der Waals surface area contributed by atoms with Crippen molar-refractivity contribution < 1.29 is 14.3 Å². The van der Waals surface area contributed by atoms with Gasteiger partial charge in [0, 0.05) is 39.6 Å². The Balaban J connectivity index is 1.62. The van der Waals surface area contributed by atoms with E-state index in [1.54, 1.807) is 6.92 Å². The lowest BCUT2D eigenvalue weighted by atomic mass is 9.83. The highest BCUT2D eigenvalue weighted by Gasteiger charge is 2.51. The van der Waals surface area contributed by atoms with Gasteiger partial charge in [-0.1, -0.05) is 61.5 Å². The van der Waals surface area contributed by atoms with Crippen LogP contribution in [0.15, 0.2) is 54.6 Å². The molecule has 0 aliphatic carbocycles. The van der Waals surface area contributed by atoms with Crippen LogP contribution < -0.4 is 0 Å². The quantitative estimate of drug-likeness (QED) is 0.617. The Morgan fingerprint density at radius 1 is 1.00 bits per heavy atom. The first-order chi connectivity index (χ1) is 16.0. The molecular formula is C28H36N2O3. The summed E-state index contributed by atoms with van der Waals surface area (Å²) in [7, 11) is 0. The van der Waals surface area contributed by atoms with Crippen molar-refractivity contribution in [3.05, 3.63) is 60.2 Å². The van der Waals surface area contributed by atoms with Crippen LogP contribution in [-0.4, -0.2) is 59.5 Å². The molecule has 2 fully saturated rings. The number of hydrogen-bond acceptors (Lipinski definition) is 3. The monoisotopic (exact) mass is 448 g/mol. The van der Waals surface area contributed by atoms with E-state index in [2.05, 4.69) is 31.2 Å². The molecule has 1 atom stereocenters. The molecular weight excluding hydrogens is 412 g/mol. The molecule has 0 radical (unpaired) electrons. The lowest BCUT2D eigenvalue weighted by Gasteiger charge is -2.43. The number of carbonyl (C=O) groups excluding carboxylic acids is 2. The minimum absolute atomic E-state index is 0.0146. The molecule has 0 aromatic heterocycles. The molecule has 0 N–H and O–H groups in total. The molecule has 2 heterocycles. The average Bonchev–Trinajstić information content (AvgIpc) is 3.28. The van der Waals surface area contributed by atoms with Gasteiger partial charge >= 0.3 is 0 Å². The molecule has 2 amide bonds. The number of rotatable bonds is 7. The standard InChI is InChI=1S/C28H36N2O3/c1-3-20-33-25-14-18-29(19-15-25)27(32)28(16-9-17-30(28)22(2)31)21-24-12-7-8-13-26(24)23-10-5-4-6-11-23/h4-8,10-13,25H,3,9,14-21H2,1-2H3. The smallest absolute Gasteiger partial charge is 0.248 e. The summed E-state index contributed by atoms with van der Waals surface area (Å²) in [5, 5.41) is 0. The fourth-order valence-corrected chi connectivity index (χ4v) is 5.51. The molecule has 0 saturated carbocycles. The Labute approximate surface area is 197 Å². The van der Waals surface area contributed by atoms with Crippen LogP contribution in [0.1, 0.15) is 51.5 Å². The largest absolute Gasteiger partial charge is 0.378 e. The maximum atomic E-state index is 14.1. The number of nitrogens with zero attached hydrogens (tertiary/aromatic N) is 2. The number of benzene rings is 2. The average molecular weight is 449 g/mol. The molecule has 2 saturated heterocycles. The zero-order chi connectivity index (χ0) is 23.3. The van der Waals surface area contributed by atoms with Gasteiger partial charge in [0.05, 0.1) is 6.10 Å². The van der Waals surface area contributed by atoms with Gasteiger partial charge in [0.15, 0.2) is 0 Å². The van der Waals surface area contributed by atoms with E-state index in [0.29, 0.717) is 32.5 Å². The molecule has 2 aliphatic rings. The van der Waals surface area contributed by atoms with Crippen LogP contribution in [-0.2, 0) is 20.7 Å². The number of amides is 2. The summed E-state index contributed by atoms with van der Waals surface area (Å²) >= 11 is 0. The molecule has 4 rings (SSSR count). The van der Waals surface area contributed by atoms with Crippen molar-refractivity contribution in [1.29, 1.82) is 0 Å². The SMILES string of the molecule is CCCOC1CCN(C(=O)C2(Cc3ccccc3-c3ccccc3)CCCN2C(C)=O)CC1. The van der Waals surface area contributed by atoms with Gasteiger partial charge < -0.3 is 14.5 Å². The molecule has 1 unspecified atom stereocenters. The van der Waals surface area contributed by atoms with Crippen LogP contribution in [0.3, 0.4) is 0 Å². The van der Waals surface area contributed by atoms with Crippen molar-refractivity contribution in [2.45, 2.75) is 64.0 Å². The van der Waals surface area contributed by atoms with Crippen LogP contribution in [0, 0.1) is 0 Å². The molecule has 33 heavy (non-hydrogen) atoms. The van der Waals surface area contributed by atoms with Crippen LogP contribution in [0.2, 0.25) is 0 Å². The van der Waals surface area contributed by atoms with Crippen molar-refractivity contribution in [3.63, 3.8) is 0 Å². The third-order valence-electron chi connectivity index (χ3n) is 7.14. The Hall–Kier alpha value is -2.66. The number of ether oxygens (including phenoxy) is 1. The molecule has 2 aliphatic heterocycles. The lowest BCUT2D eigenvalue weighted by Crippen LogP contribution is -2.60. The number of hydrogen-bond donors (Lipinski definition) is 0.